The normalized spacial score (nSPS) is 12.9. The van der Waals surface area contributed by atoms with E-state index in [1.807, 2.05) is 32.0 Å². The van der Waals surface area contributed by atoms with Crippen molar-refractivity contribution >= 4 is 10.0 Å². The van der Waals surface area contributed by atoms with Gasteiger partial charge in [-0.2, -0.15) is 0 Å². The molecule has 0 spiro atoms. The molecule has 0 radical (unpaired) electrons. The number of furan rings is 1. The molecule has 130 valence electrons. The third-order valence-corrected chi connectivity index (χ3v) is 5.36. The van der Waals surface area contributed by atoms with E-state index in [1.54, 1.807) is 36.4 Å². The maximum absolute atomic E-state index is 12.7. The Kier molecular flexibility index (Phi) is 5.01. The Labute approximate surface area is 147 Å². The average molecular weight is 356 g/mol. The van der Waals surface area contributed by atoms with Crippen LogP contribution in [0.4, 0.5) is 0 Å². The third-order valence-electron chi connectivity index (χ3n) is 3.87. The molecule has 0 aliphatic heterocycles. The Hall–Kier alpha value is -2.44. The smallest absolute Gasteiger partial charge is 0.241 e. The van der Waals surface area contributed by atoms with Crippen molar-refractivity contribution in [2.45, 2.75) is 31.2 Å². The lowest BCUT2D eigenvalue weighted by Crippen LogP contribution is -2.30. The molecule has 0 aliphatic rings. The van der Waals surface area contributed by atoms with Gasteiger partial charge in [-0.25, -0.2) is 13.1 Å². The summed E-state index contributed by atoms with van der Waals surface area (Å²) in [5, 5.41) is 0. The number of hydrogen-bond acceptors (Lipinski definition) is 4. The summed E-state index contributed by atoms with van der Waals surface area (Å²) < 4.78 is 33.6. The van der Waals surface area contributed by atoms with Gasteiger partial charge in [0, 0.05) is 17.8 Å². The van der Waals surface area contributed by atoms with Crippen LogP contribution in [-0.2, 0) is 16.4 Å². The minimum atomic E-state index is -3.67. The predicted molar refractivity (Wildman–Crippen MR) is 95.6 cm³/mol. The fourth-order valence-corrected chi connectivity index (χ4v) is 3.79. The number of rotatable bonds is 6. The lowest BCUT2D eigenvalue weighted by Gasteiger charge is -2.17. The maximum Gasteiger partial charge on any atom is 0.241 e. The Morgan fingerprint density at radius 3 is 2.44 bits per heavy atom. The van der Waals surface area contributed by atoms with E-state index in [0.717, 1.165) is 17.0 Å². The summed E-state index contributed by atoms with van der Waals surface area (Å²) >= 11 is 0. The third kappa shape index (κ3) is 4.35. The van der Waals surface area contributed by atoms with Crippen LogP contribution in [0, 0.1) is 13.8 Å². The molecular formula is C19H20N2O3S. The number of hydrogen-bond donors (Lipinski definition) is 1. The lowest BCUT2D eigenvalue weighted by molar-refractivity contribution is 0.440. The Bertz CT molecular complexity index is 933. The number of nitrogens with zero attached hydrogens (tertiary/aromatic N) is 1. The van der Waals surface area contributed by atoms with E-state index in [1.165, 1.54) is 6.26 Å². The highest BCUT2D eigenvalue weighted by Crippen LogP contribution is 2.22. The van der Waals surface area contributed by atoms with Crippen molar-refractivity contribution in [3.05, 3.63) is 83.6 Å². The van der Waals surface area contributed by atoms with Crippen molar-refractivity contribution in [2.24, 2.45) is 0 Å². The fraction of sp³-hybridized carbons (Fsp3) is 0.211. The molecule has 3 rings (SSSR count). The zero-order chi connectivity index (χ0) is 17.9. The highest BCUT2D eigenvalue weighted by molar-refractivity contribution is 7.89. The molecule has 3 aromatic rings. The Balaban J connectivity index is 1.89. The molecule has 6 heteroatoms. The molecule has 1 aromatic carbocycles. The summed E-state index contributed by atoms with van der Waals surface area (Å²) in [5.74, 6) is 0.555. The first-order valence-corrected chi connectivity index (χ1v) is 9.47. The number of sulfonamides is 1. The van der Waals surface area contributed by atoms with Gasteiger partial charge >= 0.3 is 0 Å². The zero-order valence-corrected chi connectivity index (χ0v) is 15.0. The van der Waals surface area contributed by atoms with Gasteiger partial charge in [-0.15, -0.1) is 0 Å². The van der Waals surface area contributed by atoms with E-state index in [0.29, 0.717) is 12.2 Å². The standard InChI is InChI=1S/C19H20N2O3S/c1-14-8-10-17(11-9-14)25(22,23)21-18(19-7-4-12-24-19)13-16-6-3-5-15(2)20-16/h3-12,18,21H,13H2,1-2H3. The van der Waals surface area contributed by atoms with Gasteiger partial charge in [0.2, 0.25) is 10.0 Å². The monoisotopic (exact) mass is 356 g/mol. The molecule has 0 amide bonds. The maximum atomic E-state index is 12.7. The molecule has 0 bridgehead atoms. The molecule has 25 heavy (non-hydrogen) atoms. The van der Waals surface area contributed by atoms with Crippen molar-refractivity contribution in [3.8, 4) is 0 Å². The number of aromatic nitrogens is 1. The first-order chi connectivity index (χ1) is 11.9. The van der Waals surface area contributed by atoms with Crippen LogP contribution in [0.25, 0.3) is 0 Å². The van der Waals surface area contributed by atoms with Crippen LogP contribution in [0.15, 0.2) is 70.2 Å². The van der Waals surface area contributed by atoms with Gasteiger partial charge in [0.05, 0.1) is 17.2 Å². The molecule has 1 N–H and O–H groups in total. The number of benzene rings is 1. The summed E-state index contributed by atoms with van der Waals surface area (Å²) in [4.78, 5) is 4.69. The number of aryl methyl sites for hydroxylation is 2. The first kappa shape index (κ1) is 17.4. The Morgan fingerprint density at radius 2 is 1.80 bits per heavy atom. The fourth-order valence-electron chi connectivity index (χ4n) is 2.58. The number of pyridine rings is 1. The molecule has 0 fully saturated rings. The highest BCUT2D eigenvalue weighted by atomic mass is 32.2. The summed E-state index contributed by atoms with van der Waals surface area (Å²) in [6.07, 6.45) is 1.94. The zero-order valence-electron chi connectivity index (χ0n) is 14.1. The van der Waals surface area contributed by atoms with Crippen LogP contribution in [0.1, 0.15) is 28.8 Å². The number of nitrogens with one attached hydrogen (secondary N) is 1. The molecule has 0 saturated carbocycles. The largest absolute Gasteiger partial charge is 0.468 e. The topological polar surface area (TPSA) is 72.2 Å². The Morgan fingerprint density at radius 1 is 1.04 bits per heavy atom. The quantitative estimate of drug-likeness (QED) is 0.733. The highest BCUT2D eigenvalue weighted by Gasteiger charge is 2.24. The van der Waals surface area contributed by atoms with E-state index >= 15 is 0 Å². The van der Waals surface area contributed by atoms with Crippen LogP contribution in [0.3, 0.4) is 0 Å². The van der Waals surface area contributed by atoms with Gasteiger partial charge in [0.1, 0.15) is 5.76 Å². The van der Waals surface area contributed by atoms with Crippen LogP contribution >= 0.6 is 0 Å². The van der Waals surface area contributed by atoms with Gasteiger partial charge in [0.15, 0.2) is 0 Å². The van der Waals surface area contributed by atoms with E-state index in [2.05, 4.69) is 9.71 Å². The second-order valence-electron chi connectivity index (χ2n) is 5.98. The molecule has 0 saturated heterocycles. The summed E-state index contributed by atoms with van der Waals surface area (Å²) in [6.45, 7) is 3.82. The molecule has 2 aromatic heterocycles. The first-order valence-electron chi connectivity index (χ1n) is 7.99. The van der Waals surface area contributed by atoms with E-state index in [4.69, 9.17) is 4.42 Å². The average Bonchev–Trinajstić information content (AvgIpc) is 3.09. The molecule has 1 unspecified atom stereocenters. The molecule has 5 nitrogen and oxygen atoms in total. The van der Waals surface area contributed by atoms with Gasteiger partial charge in [-0.05, 0) is 50.2 Å². The van der Waals surface area contributed by atoms with E-state index in [9.17, 15) is 8.42 Å². The van der Waals surface area contributed by atoms with Crippen LogP contribution < -0.4 is 4.72 Å². The molecule has 1 atom stereocenters. The molecular weight excluding hydrogens is 336 g/mol. The van der Waals surface area contributed by atoms with Crippen molar-refractivity contribution < 1.29 is 12.8 Å². The molecule has 2 heterocycles. The van der Waals surface area contributed by atoms with Crippen molar-refractivity contribution in [1.29, 1.82) is 0 Å². The van der Waals surface area contributed by atoms with Gasteiger partial charge in [-0.3, -0.25) is 4.98 Å². The van der Waals surface area contributed by atoms with E-state index < -0.39 is 16.1 Å². The summed E-state index contributed by atoms with van der Waals surface area (Å²) in [5.41, 5.74) is 2.69. The summed E-state index contributed by atoms with van der Waals surface area (Å²) in [7, 11) is -3.67. The van der Waals surface area contributed by atoms with Crippen LogP contribution in [0.5, 0.6) is 0 Å². The van der Waals surface area contributed by atoms with Gasteiger partial charge in [-0.1, -0.05) is 23.8 Å². The second-order valence-corrected chi connectivity index (χ2v) is 7.69. The second kappa shape index (κ2) is 7.21. The minimum Gasteiger partial charge on any atom is -0.468 e. The van der Waals surface area contributed by atoms with Crippen molar-refractivity contribution in [1.82, 2.24) is 9.71 Å². The lowest BCUT2D eigenvalue weighted by atomic mass is 10.1. The van der Waals surface area contributed by atoms with Crippen molar-refractivity contribution in [2.75, 3.05) is 0 Å². The van der Waals surface area contributed by atoms with E-state index in [-0.39, 0.29) is 4.90 Å². The van der Waals surface area contributed by atoms with Crippen LogP contribution in [0.2, 0.25) is 0 Å². The predicted octanol–water partition coefficient (Wildman–Crippen LogP) is 3.55. The summed E-state index contributed by atoms with van der Waals surface area (Å²) in [6, 6.07) is 15.4. The SMILES string of the molecule is Cc1ccc(S(=O)(=O)NC(Cc2cccc(C)n2)c2ccco2)cc1. The van der Waals surface area contributed by atoms with Gasteiger partial charge in [0.25, 0.3) is 0 Å². The molecule has 0 aliphatic carbocycles. The minimum absolute atomic E-state index is 0.229. The van der Waals surface area contributed by atoms with Gasteiger partial charge < -0.3 is 4.42 Å². The van der Waals surface area contributed by atoms with Crippen molar-refractivity contribution in [3.63, 3.8) is 0 Å². The van der Waals surface area contributed by atoms with Crippen LogP contribution in [-0.4, -0.2) is 13.4 Å².